The Morgan fingerprint density at radius 1 is 1.20 bits per heavy atom. The van der Waals surface area contributed by atoms with Crippen LogP contribution in [0, 0.1) is 5.82 Å². The maximum absolute atomic E-state index is 13.5. The van der Waals surface area contributed by atoms with E-state index in [0.29, 0.717) is 21.8 Å². The Balaban J connectivity index is 2.15. The summed E-state index contributed by atoms with van der Waals surface area (Å²) < 4.78 is 15.1. The van der Waals surface area contributed by atoms with E-state index in [9.17, 15) is 4.39 Å². The lowest BCUT2D eigenvalue weighted by atomic mass is 10.2. The van der Waals surface area contributed by atoms with Crippen LogP contribution in [0.4, 0.5) is 10.2 Å². The van der Waals surface area contributed by atoms with Crippen molar-refractivity contribution in [1.29, 1.82) is 0 Å². The van der Waals surface area contributed by atoms with E-state index in [-0.39, 0.29) is 5.82 Å². The first-order valence-corrected chi connectivity index (χ1v) is 7.88. The van der Waals surface area contributed by atoms with E-state index in [0.717, 1.165) is 28.8 Å². The van der Waals surface area contributed by atoms with Crippen LogP contribution in [0.2, 0.25) is 0 Å². The predicted molar refractivity (Wildman–Crippen MR) is 84.3 cm³/mol. The van der Waals surface area contributed by atoms with Crippen molar-refractivity contribution in [1.82, 2.24) is 9.97 Å². The highest BCUT2D eigenvalue weighted by Crippen LogP contribution is 2.44. The lowest BCUT2D eigenvalue weighted by Gasteiger charge is -2.11. The summed E-state index contributed by atoms with van der Waals surface area (Å²) in [6, 6.07) is 4.69. The molecule has 0 spiro atoms. The summed E-state index contributed by atoms with van der Waals surface area (Å²) in [6.07, 6.45) is 2.29. The first-order chi connectivity index (χ1) is 9.58. The van der Waals surface area contributed by atoms with Crippen molar-refractivity contribution < 1.29 is 4.39 Å². The van der Waals surface area contributed by atoms with Crippen molar-refractivity contribution in [3.63, 3.8) is 0 Å². The average molecular weight is 401 g/mol. The second-order valence-electron chi connectivity index (χ2n) is 4.78. The molecule has 1 N–H and O–H groups in total. The molecular formula is C14H12Br2FN3. The monoisotopic (exact) mass is 399 g/mol. The number of aromatic nitrogens is 2. The summed E-state index contributed by atoms with van der Waals surface area (Å²) in [5.74, 6) is 1.45. The molecule has 1 aliphatic carbocycles. The molecule has 1 aromatic heterocycles. The van der Waals surface area contributed by atoms with Crippen LogP contribution in [0.25, 0.3) is 11.4 Å². The minimum Gasteiger partial charge on any atom is -0.372 e. The van der Waals surface area contributed by atoms with E-state index in [1.807, 2.05) is 13.1 Å². The summed E-state index contributed by atoms with van der Waals surface area (Å²) in [4.78, 5) is 9.07. The van der Waals surface area contributed by atoms with Gasteiger partial charge in [-0.15, -0.1) is 0 Å². The molecule has 0 unspecified atom stereocenters. The first kappa shape index (κ1) is 13.9. The topological polar surface area (TPSA) is 37.8 Å². The molecule has 0 radical (unpaired) electrons. The van der Waals surface area contributed by atoms with Crippen molar-refractivity contribution in [2.75, 3.05) is 12.4 Å². The van der Waals surface area contributed by atoms with Gasteiger partial charge in [0.25, 0.3) is 0 Å². The van der Waals surface area contributed by atoms with E-state index in [2.05, 4.69) is 47.1 Å². The van der Waals surface area contributed by atoms with Crippen molar-refractivity contribution in [3.05, 3.63) is 38.7 Å². The number of nitrogens with one attached hydrogen (secondary N) is 1. The first-order valence-electron chi connectivity index (χ1n) is 6.30. The number of benzene rings is 1. The lowest BCUT2D eigenvalue weighted by molar-refractivity contribution is 0.627. The summed E-state index contributed by atoms with van der Waals surface area (Å²) in [5, 5.41) is 3.05. The van der Waals surface area contributed by atoms with E-state index >= 15 is 0 Å². The largest absolute Gasteiger partial charge is 0.372 e. The van der Waals surface area contributed by atoms with Gasteiger partial charge in [-0.3, -0.25) is 0 Å². The number of hydrogen-bond acceptors (Lipinski definition) is 3. The van der Waals surface area contributed by atoms with Gasteiger partial charge in [0.1, 0.15) is 11.6 Å². The van der Waals surface area contributed by atoms with Gasteiger partial charge < -0.3 is 5.32 Å². The molecule has 0 atom stereocenters. The zero-order valence-electron chi connectivity index (χ0n) is 10.8. The maximum Gasteiger partial charge on any atom is 0.161 e. The number of hydrogen-bond donors (Lipinski definition) is 1. The van der Waals surface area contributed by atoms with Crippen molar-refractivity contribution >= 4 is 37.7 Å². The SMILES string of the molecule is CNc1nc(-c2cc(F)cc(Br)c2)nc(C2CC2)c1Br. The summed E-state index contributed by atoms with van der Waals surface area (Å²) in [5.41, 5.74) is 1.67. The second kappa shape index (κ2) is 5.41. The normalized spacial score (nSPS) is 14.4. The lowest BCUT2D eigenvalue weighted by Crippen LogP contribution is -2.02. The molecule has 1 aromatic carbocycles. The van der Waals surface area contributed by atoms with E-state index in [4.69, 9.17) is 0 Å². The molecule has 6 heteroatoms. The highest BCUT2D eigenvalue weighted by atomic mass is 79.9. The van der Waals surface area contributed by atoms with Crippen molar-refractivity contribution in [2.24, 2.45) is 0 Å². The molecular weight excluding hydrogens is 389 g/mol. The zero-order chi connectivity index (χ0) is 14.3. The van der Waals surface area contributed by atoms with Crippen LogP contribution in [-0.2, 0) is 0 Å². The van der Waals surface area contributed by atoms with Gasteiger partial charge in [0.15, 0.2) is 5.82 Å². The fraction of sp³-hybridized carbons (Fsp3) is 0.286. The van der Waals surface area contributed by atoms with Gasteiger partial charge in [-0.05, 0) is 47.0 Å². The highest BCUT2D eigenvalue weighted by molar-refractivity contribution is 9.11. The Labute approximate surface area is 133 Å². The molecule has 1 saturated carbocycles. The fourth-order valence-corrected chi connectivity index (χ4v) is 3.23. The average Bonchev–Trinajstić information content (AvgIpc) is 3.22. The summed E-state index contributed by atoms with van der Waals surface area (Å²) >= 11 is 6.85. The van der Waals surface area contributed by atoms with Crippen molar-refractivity contribution in [3.8, 4) is 11.4 Å². The predicted octanol–water partition coefficient (Wildman–Crippen LogP) is 4.73. The molecule has 3 rings (SSSR count). The van der Waals surface area contributed by atoms with E-state index in [1.54, 1.807) is 0 Å². The Bertz CT molecular complexity index is 651. The second-order valence-corrected chi connectivity index (χ2v) is 6.49. The molecule has 1 aliphatic rings. The third-order valence-corrected chi connectivity index (χ3v) is 4.44. The third kappa shape index (κ3) is 2.72. The number of rotatable bonds is 3. The van der Waals surface area contributed by atoms with Gasteiger partial charge in [0.05, 0.1) is 10.2 Å². The highest BCUT2D eigenvalue weighted by Gasteiger charge is 2.29. The van der Waals surface area contributed by atoms with E-state index < -0.39 is 0 Å². The number of halogens is 3. The van der Waals surface area contributed by atoms with Gasteiger partial charge in [0, 0.05) is 23.0 Å². The van der Waals surface area contributed by atoms with Crippen LogP contribution in [-0.4, -0.2) is 17.0 Å². The Hall–Kier alpha value is -1.01. The van der Waals surface area contributed by atoms with Crippen LogP contribution in [0.15, 0.2) is 27.1 Å². The molecule has 1 heterocycles. The number of anilines is 1. The van der Waals surface area contributed by atoms with Crippen LogP contribution < -0.4 is 5.32 Å². The Morgan fingerprint density at radius 2 is 1.95 bits per heavy atom. The fourth-order valence-electron chi connectivity index (χ4n) is 2.07. The van der Waals surface area contributed by atoms with Gasteiger partial charge in [-0.25, -0.2) is 14.4 Å². The van der Waals surface area contributed by atoms with Gasteiger partial charge >= 0.3 is 0 Å². The molecule has 0 aliphatic heterocycles. The minimum atomic E-state index is -0.306. The number of nitrogens with zero attached hydrogens (tertiary/aromatic N) is 2. The molecule has 104 valence electrons. The standard InChI is InChI=1S/C14H12Br2FN3/c1-18-14-11(16)12(7-2-3-7)19-13(20-14)8-4-9(15)6-10(17)5-8/h4-7H,2-3H2,1H3,(H,18,19,20). The molecule has 0 amide bonds. The smallest absolute Gasteiger partial charge is 0.161 e. The van der Waals surface area contributed by atoms with Crippen molar-refractivity contribution in [2.45, 2.75) is 18.8 Å². The molecule has 20 heavy (non-hydrogen) atoms. The third-order valence-electron chi connectivity index (χ3n) is 3.20. The maximum atomic E-state index is 13.5. The zero-order valence-corrected chi connectivity index (χ0v) is 13.9. The Morgan fingerprint density at radius 3 is 2.55 bits per heavy atom. The quantitative estimate of drug-likeness (QED) is 0.809. The summed E-state index contributed by atoms with van der Waals surface area (Å²) in [6.45, 7) is 0. The Kier molecular flexibility index (Phi) is 3.77. The molecule has 2 aromatic rings. The molecule has 1 fully saturated rings. The molecule has 0 saturated heterocycles. The van der Waals surface area contributed by atoms with E-state index in [1.165, 1.54) is 12.1 Å². The van der Waals surface area contributed by atoms with Crippen LogP contribution in [0.1, 0.15) is 24.5 Å². The minimum absolute atomic E-state index is 0.306. The van der Waals surface area contributed by atoms with Crippen LogP contribution in [0.5, 0.6) is 0 Å². The molecule has 3 nitrogen and oxygen atoms in total. The van der Waals surface area contributed by atoms with Gasteiger partial charge in [-0.2, -0.15) is 0 Å². The van der Waals surface area contributed by atoms with Crippen LogP contribution in [0.3, 0.4) is 0 Å². The van der Waals surface area contributed by atoms with Gasteiger partial charge in [-0.1, -0.05) is 15.9 Å². The van der Waals surface area contributed by atoms with Gasteiger partial charge in [0.2, 0.25) is 0 Å². The molecule has 0 bridgehead atoms. The summed E-state index contributed by atoms with van der Waals surface area (Å²) in [7, 11) is 1.81. The van der Waals surface area contributed by atoms with Crippen LogP contribution >= 0.6 is 31.9 Å².